The SMILES string of the molecule is C=C[C@]1(C)CC(=O)C(C(C)C=O)[C@]12C(=O)Oc1cccc(C)c1C2=O. The van der Waals surface area contributed by atoms with Crippen LogP contribution in [0.15, 0.2) is 30.9 Å². The van der Waals surface area contributed by atoms with Crippen LogP contribution in [0, 0.1) is 29.6 Å². The van der Waals surface area contributed by atoms with Gasteiger partial charge in [0.1, 0.15) is 17.8 Å². The number of aldehydes is 1. The number of allylic oxidation sites excluding steroid dienone is 1. The smallest absolute Gasteiger partial charge is 0.327 e. The van der Waals surface area contributed by atoms with E-state index in [0.717, 1.165) is 0 Å². The molecule has 5 heteroatoms. The number of carbonyl (C=O) groups excluding carboxylic acids is 4. The van der Waals surface area contributed by atoms with Crippen molar-refractivity contribution in [2.75, 3.05) is 0 Å². The Balaban J connectivity index is 2.36. The van der Waals surface area contributed by atoms with Crippen molar-refractivity contribution >= 4 is 23.8 Å². The second-order valence-corrected chi connectivity index (χ2v) is 7.21. The molecule has 25 heavy (non-hydrogen) atoms. The minimum atomic E-state index is -1.76. The molecule has 0 saturated heterocycles. The molecule has 0 bridgehead atoms. The fourth-order valence-electron chi connectivity index (χ4n) is 4.46. The molecule has 5 nitrogen and oxygen atoms in total. The van der Waals surface area contributed by atoms with Crippen LogP contribution >= 0.6 is 0 Å². The number of Topliss-reactive ketones (excluding diaryl/α,β-unsaturated/α-hetero) is 2. The van der Waals surface area contributed by atoms with Crippen molar-refractivity contribution in [3.05, 3.63) is 42.0 Å². The molecular weight excluding hydrogens is 320 g/mol. The van der Waals surface area contributed by atoms with Crippen LogP contribution in [0.5, 0.6) is 5.75 Å². The molecule has 3 rings (SSSR count). The zero-order chi connectivity index (χ0) is 18.6. The molecule has 1 heterocycles. The molecule has 4 atom stereocenters. The molecule has 1 aliphatic heterocycles. The lowest BCUT2D eigenvalue weighted by Crippen LogP contribution is -2.57. The van der Waals surface area contributed by atoms with Gasteiger partial charge < -0.3 is 9.53 Å². The lowest BCUT2D eigenvalue weighted by molar-refractivity contribution is -0.153. The van der Waals surface area contributed by atoms with Crippen LogP contribution in [-0.2, 0) is 14.4 Å². The first-order chi connectivity index (χ1) is 11.7. The average molecular weight is 340 g/mol. The summed E-state index contributed by atoms with van der Waals surface area (Å²) in [5, 5.41) is 0. The van der Waals surface area contributed by atoms with Gasteiger partial charge in [-0.2, -0.15) is 0 Å². The molecule has 1 saturated carbocycles. The van der Waals surface area contributed by atoms with Gasteiger partial charge in [0, 0.05) is 17.8 Å². The molecule has 0 amide bonds. The maximum absolute atomic E-state index is 13.6. The summed E-state index contributed by atoms with van der Waals surface area (Å²) < 4.78 is 5.52. The molecule has 1 fully saturated rings. The summed E-state index contributed by atoms with van der Waals surface area (Å²) in [6, 6.07) is 5.01. The number of rotatable bonds is 3. The molecule has 130 valence electrons. The number of hydrogen-bond donors (Lipinski definition) is 0. The van der Waals surface area contributed by atoms with Gasteiger partial charge in [-0.05, 0) is 18.6 Å². The van der Waals surface area contributed by atoms with E-state index < -0.39 is 34.4 Å². The van der Waals surface area contributed by atoms with Crippen LogP contribution in [0.25, 0.3) is 0 Å². The van der Waals surface area contributed by atoms with Crippen molar-refractivity contribution in [2.45, 2.75) is 27.2 Å². The first kappa shape index (κ1) is 17.3. The molecule has 1 aromatic carbocycles. The number of aryl methyl sites for hydroxylation is 1. The molecule has 1 aromatic rings. The largest absolute Gasteiger partial charge is 0.425 e. The molecule has 0 radical (unpaired) electrons. The van der Waals surface area contributed by atoms with E-state index in [9.17, 15) is 19.2 Å². The average Bonchev–Trinajstić information content (AvgIpc) is 2.81. The van der Waals surface area contributed by atoms with Gasteiger partial charge in [0.25, 0.3) is 0 Å². The number of benzene rings is 1. The molecule has 0 aromatic heterocycles. The predicted octanol–water partition coefficient (Wildman–Crippen LogP) is 2.70. The Bertz CT molecular complexity index is 823. The molecule has 0 N–H and O–H groups in total. The number of fused-ring (bicyclic) bond motifs is 1. The first-order valence-corrected chi connectivity index (χ1v) is 8.23. The summed E-state index contributed by atoms with van der Waals surface area (Å²) in [5.74, 6) is -3.16. The standard InChI is InChI=1S/C20H20O5/c1-5-19(4)9-13(22)16(12(3)10-21)20(19)17(23)15-11(2)7-6-8-14(15)25-18(20)24/h5-8,10,12,16H,1,9H2,2-4H3/t12?,16?,19-,20+/m1/s1. The molecule has 2 unspecified atom stereocenters. The first-order valence-electron chi connectivity index (χ1n) is 8.23. The predicted molar refractivity (Wildman–Crippen MR) is 90.2 cm³/mol. The van der Waals surface area contributed by atoms with Crippen LogP contribution in [0.2, 0.25) is 0 Å². The van der Waals surface area contributed by atoms with Crippen molar-refractivity contribution in [1.29, 1.82) is 0 Å². The zero-order valence-electron chi connectivity index (χ0n) is 14.5. The van der Waals surface area contributed by atoms with E-state index in [1.54, 1.807) is 39.0 Å². The van der Waals surface area contributed by atoms with E-state index >= 15 is 0 Å². The second kappa shape index (κ2) is 5.48. The van der Waals surface area contributed by atoms with Crippen molar-refractivity contribution in [3.8, 4) is 5.75 Å². The van der Waals surface area contributed by atoms with E-state index in [0.29, 0.717) is 17.4 Å². The van der Waals surface area contributed by atoms with Crippen molar-refractivity contribution < 1.29 is 23.9 Å². The van der Waals surface area contributed by atoms with E-state index in [1.165, 1.54) is 6.08 Å². The molecular formula is C20H20O5. The van der Waals surface area contributed by atoms with Gasteiger partial charge in [-0.15, -0.1) is 6.58 Å². The Kier molecular flexibility index (Phi) is 3.78. The third-order valence-electron chi connectivity index (χ3n) is 5.79. The van der Waals surface area contributed by atoms with Gasteiger partial charge in [-0.25, -0.2) is 0 Å². The Morgan fingerprint density at radius 3 is 2.60 bits per heavy atom. The van der Waals surface area contributed by atoms with Gasteiger partial charge in [0.2, 0.25) is 0 Å². The highest BCUT2D eigenvalue weighted by atomic mass is 16.5. The zero-order valence-corrected chi connectivity index (χ0v) is 14.5. The summed E-state index contributed by atoms with van der Waals surface area (Å²) in [4.78, 5) is 50.9. The number of ether oxygens (including phenoxy) is 1. The maximum Gasteiger partial charge on any atom is 0.327 e. The van der Waals surface area contributed by atoms with Crippen molar-refractivity contribution in [3.63, 3.8) is 0 Å². The quantitative estimate of drug-likeness (QED) is 0.278. The fraction of sp³-hybridized carbons (Fsp3) is 0.400. The van der Waals surface area contributed by atoms with E-state index in [-0.39, 0.29) is 18.0 Å². The van der Waals surface area contributed by atoms with E-state index in [4.69, 9.17) is 4.74 Å². The van der Waals surface area contributed by atoms with Crippen LogP contribution in [0.3, 0.4) is 0 Å². The minimum Gasteiger partial charge on any atom is -0.425 e. The Morgan fingerprint density at radius 2 is 2.00 bits per heavy atom. The Morgan fingerprint density at radius 1 is 1.32 bits per heavy atom. The second-order valence-electron chi connectivity index (χ2n) is 7.21. The summed E-state index contributed by atoms with van der Waals surface area (Å²) in [5.41, 5.74) is -1.91. The summed E-state index contributed by atoms with van der Waals surface area (Å²) in [6.45, 7) is 8.74. The van der Waals surface area contributed by atoms with Crippen molar-refractivity contribution in [1.82, 2.24) is 0 Å². The lowest BCUT2D eigenvalue weighted by Gasteiger charge is -2.44. The van der Waals surface area contributed by atoms with Gasteiger partial charge >= 0.3 is 5.97 Å². The molecule has 2 aliphatic rings. The summed E-state index contributed by atoms with van der Waals surface area (Å²) in [6.07, 6.45) is 2.07. The fourth-order valence-corrected chi connectivity index (χ4v) is 4.46. The van der Waals surface area contributed by atoms with E-state index in [1.807, 2.05) is 0 Å². The number of ketones is 2. The van der Waals surface area contributed by atoms with Crippen molar-refractivity contribution in [2.24, 2.45) is 22.7 Å². The normalized spacial score (nSPS) is 32.3. The van der Waals surface area contributed by atoms with Crippen LogP contribution < -0.4 is 4.74 Å². The Hall–Kier alpha value is -2.56. The van der Waals surface area contributed by atoms with Gasteiger partial charge in [0.15, 0.2) is 11.2 Å². The van der Waals surface area contributed by atoms with Gasteiger partial charge in [-0.1, -0.05) is 32.1 Å². The minimum absolute atomic E-state index is 0.0264. The lowest BCUT2D eigenvalue weighted by atomic mass is 9.56. The number of carbonyl (C=O) groups is 4. The van der Waals surface area contributed by atoms with Crippen LogP contribution in [-0.4, -0.2) is 23.8 Å². The van der Waals surface area contributed by atoms with E-state index in [2.05, 4.69) is 6.58 Å². The van der Waals surface area contributed by atoms with Crippen LogP contribution in [0.4, 0.5) is 0 Å². The highest BCUT2D eigenvalue weighted by molar-refractivity contribution is 6.22. The topological polar surface area (TPSA) is 77.5 Å². The summed E-state index contributed by atoms with van der Waals surface area (Å²) >= 11 is 0. The third-order valence-corrected chi connectivity index (χ3v) is 5.79. The van der Waals surface area contributed by atoms with Gasteiger partial charge in [-0.3, -0.25) is 14.4 Å². The summed E-state index contributed by atoms with van der Waals surface area (Å²) in [7, 11) is 0. The molecule has 1 aliphatic carbocycles. The maximum atomic E-state index is 13.6. The number of esters is 1. The van der Waals surface area contributed by atoms with Gasteiger partial charge in [0.05, 0.1) is 11.5 Å². The molecule has 1 spiro atoms. The highest BCUT2D eigenvalue weighted by Gasteiger charge is 2.72. The third kappa shape index (κ3) is 1.95. The Labute approximate surface area is 146 Å². The monoisotopic (exact) mass is 340 g/mol. The highest BCUT2D eigenvalue weighted by Crippen LogP contribution is 2.61. The number of hydrogen-bond acceptors (Lipinski definition) is 5. The van der Waals surface area contributed by atoms with Crippen LogP contribution in [0.1, 0.15) is 36.2 Å².